The van der Waals surface area contributed by atoms with E-state index in [0.717, 1.165) is 18.5 Å². The molecule has 106 valence electrons. The number of carbonyl (C=O) groups is 2. The summed E-state index contributed by atoms with van der Waals surface area (Å²) in [4.78, 5) is 28.7. The number of esters is 1. The number of hydrogen-bond acceptors (Lipinski definition) is 4. The zero-order chi connectivity index (χ0) is 14.6. The van der Waals surface area contributed by atoms with Gasteiger partial charge in [0.2, 0.25) is 0 Å². The monoisotopic (exact) mass is 283 g/mol. The highest BCUT2D eigenvalue weighted by atomic mass is 16.5. The summed E-state index contributed by atoms with van der Waals surface area (Å²) in [6.07, 6.45) is 5.27. The third-order valence-corrected chi connectivity index (χ3v) is 3.87. The first-order valence-corrected chi connectivity index (χ1v) is 6.81. The Balaban J connectivity index is 2.08. The topological polar surface area (TPSA) is 65.1 Å². The molecular weight excluding hydrogens is 270 g/mol. The van der Waals surface area contributed by atoms with E-state index in [0.29, 0.717) is 16.8 Å². The predicted octanol–water partition coefficient (Wildman–Crippen LogP) is 1.97. The average molecular weight is 283 g/mol. The second-order valence-corrected chi connectivity index (χ2v) is 5.23. The van der Waals surface area contributed by atoms with Gasteiger partial charge in [0, 0.05) is 18.3 Å². The van der Waals surface area contributed by atoms with Crippen molar-refractivity contribution in [2.75, 3.05) is 7.11 Å². The van der Waals surface area contributed by atoms with Crippen molar-refractivity contribution in [3.05, 3.63) is 41.9 Å². The first kappa shape index (κ1) is 12.1. The molecule has 1 aliphatic carbocycles. The quantitative estimate of drug-likeness (QED) is 0.544. The van der Waals surface area contributed by atoms with E-state index in [2.05, 4.69) is 4.98 Å². The normalized spacial score (nSPS) is 14.7. The molecule has 21 heavy (non-hydrogen) atoms. The molecule has 4 rings (SSSR count). The summed E-state index contributed by atoms with van der Waals surface area (Å²) in [5, 5.41) is 0. The van der Waals surface area contributed by atoms with Gasteiger partial charge in [0.05, 0.1) is 18.2 Å². The second-order valence-electron chi connectivity index (χ2n) is 5.23. The molecule has 0 saturated heterocycles. The summed E-state index contributed by atoms with van der Waals surface area (Å²) in [6.45, 7) is 0. The van der Waals surface area contributed by atoms with Crippen LogP contribution in [0.1, 0.15) is 33.7 Å². The number of carbonyl (C=O) groups excluding carboxylic acids is 2. The Morgan fingerprint density at radius 2 is 2.14 bits per heavy atom. The molecule has 0 aliphatic heterocycles. The molecule has 6 nitrogen and oxygen atoms in total. The lowest BCUT2D eigenvalue weighted by atomic mass is 10.2. The number of imidazole rings is 1. The minimum atomic E-state index is -0.443. The number of ether oxygens (including phenoxy) is 1. The molecule has 3 aromatic rings. The highest BCUT2D eigenvalue weighted by molar-refractivity contribution is 6.05. The Labute approximate surface area is 119 Å². The summed E-state index contributed by atoms with van der Waals surface area (Å²) < 4.78 is 8.34. The van der Waals surface area contributed by atoms with Crippen LogP contribution >= 0.6 is 0 Å². The summed E-state index contributed by atoms with van der Waals surface area (Å²) in [5.74, 6) is -0.296. The largest absolute Gasteiger partial charge is 0.465 e. The van der Waals surface area contributed by atoms with Crippen LogP contribution < -0.4 is 0 Å². The summed E-state index contributed by atoms with van der Waals surface area (Å²) in [5.41, 5.74) is 2.28. The van der Waals surface area contributed by atoms with Crippen molar-refractivity contribution in [1.29, 1.82) is 0 Å². The zero-order valence-corrected chi connectivity index (χ0v) is 11.4. The van der Waals surface area contributed by atoms with Gasteiger partial charge in [-0.3, -0.25) is 4.79 Å². The lowest BCUT2D eigenvalue weighted by Crippen LogP contribution is -2.10. The molecule has 6 heteroatoms. The maximum Gasteiger partial charge on any atom is 0.340 e. The van der Waals surface area contributed by atoms with Crippen LogP contribution in [0, 0.1) is 5.92 Å². The average Bonchev–Trinajstić information content (AvgIpc) is 3.11. The SMILES string of the molecule is COC(=O)c1cc(C(=O)C2CC2)n2c1ccc1nccn12. The molecule has 0 bridgehead atoms. The molecule has 0 amide bonds. The van der Waals surface area contributed by atoms with Gasteiger partial charge in [-0.15, -0.1) is 0 Å². The highest BCUT2D eigenvalue weighted by Gasteiger charge is 2.33. The summed E-state index contributed by atoms with van der Waals surface area (Å²) >= 11 is 0. The lowest BCUT2D eigenvalue weighted by Gasteiger charge is -2.05. The van der Waals surface area contributed by atoms with Crippen LogP contribution in [0.3, 0.4) is 0 Å². The first-order chi connectivity index (χ1) is 10.2. The van der Waals surface area contributed by atoms with Crippen molar-refractivity contribution in [2.45, 2.75) is 12.8 Å². The minimum absolute atomic E-state index is 0.0707. The highest BCUT2D eigenvalue weighted by Crippen LogP contribution is 2.34. The van der Waals surface area contributed by atoms with Crippen molar-refractivity contribution in [3.8, 4) is 0 Å². The number of fused-ring (bicyclic) bond motifs is 3. The van der Waals surface area contributed by atoms with Crippen molar-refractivity contribution in [2.24, 2.45) is 5.92 Å². The van der Waals surface area contributed by atoms with Crippen LogP contribution in [0.15, 0.2) is 30.6 Å². The van der Waals surface area contributed by atoms with Gasteiger partial charge in [-0.1, -0.05) is 0 Å². The molecule has 0 spiro atoms. The molecule has 1 aliphatic rings. The van der Waals surface area contributed by atoms with Gasteiger partial charge in [-0.2, -0.15) is 0 Å². The second kappa shape index (κ2) is 4.18. The molecule has 3 heterocycles. The Hall–Kier alpha value is -2.63. The van der Waals surface area contributed by atoms with E-state index in [1.165, 1.54) is 7.11 Å². The van der Waals surface area contributed by atoms with Crippen molar-refractivity contribution < 1.29 is 14.3 Å². The van der Waals surface area contributed by atoms with Gasteiger partial charge in [-0.25, -0.2) is 18.8 Å². The Bertz CT molecular complexity index is 886. The number of Topliss-reactive ketones (excluding diaryl/α,β-unsaturated/α-hetero) is 1. The molecule has 1 fully saturated rings. The van der Waals surface area contributed by atoms with Crippen molar-refractivity contribution in [3.63, 3.8) is 0 Å². The summed E-state index contributed by atoms with van der Waals surface area (Å²) in [7, 11) is 1.34. The van der Waals surface area contributed by atoms with E-state index in [1.54, 1.807) is 33.6 Å². The Kier molecular flexibility index (Phi) is 2.42. The van der Waals surface area contributed by atoms with E-state index in [9.17, 15) is 9.59 Å². The maximum atomic E-state index is 12.5. The number of hydrogen-bond donors (Lipinski definition) is 0. The fourth-order valence-electron chi connectivity index (χ4n) is 2.66. The van der Waals surface area contributed by atoms with Gasteiger partial charge in [0.25, 0.3) is 0 Å². The zero-order valence-electron chi connectivity index (χ0n) is 11.4. The number of aromatic nitrogens is 3. The van der Waals surface area contributed by atoms with Crippen LogP contribution in [0.25, 0.3) is 11.2 Å². The van der Waals surface area contributed by atoms with E-state index in [-0.39, 0.29) is 11.7 Å². The fraction of sp³-hybridized carbons (Fsp3) is 0.267. The lowest BCUT2D eigenvalue weighted by molar-refractivity contribution is 0.0603. The van der Waals surface area contributed by atoms with Crippen LogP contribution in [0.4, 0.5) is 0 Å². The van der Waals surface area contributed by atoms with Gasteiger partial charge < -0.3 is 4.74 Å². The fourth-order valence-corrected chi connectivity index (χ4v) is 2.66. The van der Waals surface area contributed by atoms with E-state index >= 15 is 0 Å². The van der Waals surface area contributed by atoms with Gasteiger partial charge in [0.1, 0.15) is 5.69 Å². The number of rotatable bonds is 3. The van der Waals surface area contributed by atoms with Crippen LogP contribution in [-0.4, -0.2) is 32.9 Å². The van der Waals surface area contributed by atoms with Gasteiger partial charge in [0.15, 0.2) is 11.4 Å². The Morgan fingerprint density at radius 1 is 1.33 bits per heavy atom. The van der Waals surface area contributed by atoms with Crippen molar-refractivity contribution in [1.82, 2.24) is 14.0 Å². The van der Waals surface area contributed by atoms with E-state index in [1.807, 2.05) is 6.07 Å². The third-order valence-electron chi connectivity index (χ3n) is 3.87. The predicted molar refractivity (Wildman–Crippen MR) is 74.5 cm³/mol. The Morgan fingerprint density at radius 3 is 2.86 bits per heavy atom. The summed E-state index contributed by atoms with van der Waals surface area (Å²) in [6, 6.07) is 5.23. The van der Waals surface area contributed by atoms with Crippen LogP contribution in [-0.2, 0) is 4.74 Å². The first-order valence-electron chi connectivity index (χ1n) is 6.81. The van der Waals surface area contributed by atoms with E-state index < -0.39 is 5.97 Å². The standard InChI is InChI=1S/C15H13N3O3/c1-21-15(20)10-8-12(14(19)9-2-3-9)18-11(10)4-5-13-16-6-7-17(13)18/h4-9H,2-3H2,1H3. The molecule has 1 saturated carbocycles. The molecule has 0 unspecified atom stereocenters. The van der Waals surface area contributed by atoms with Crippen molar-refractivity contribution >= 4 is 22.9 Å². The molecule has 0 atom stereocenters. The molecule has 0 radical (unpaired) electrons. The number of nitrogens with zero attached hydrogens (tertiary/aromatic N) is 3. The number of methoxy groups -OCH3 is 1. The van der Waals surface area contributed by atoms with Crippen LogP contribution in [0.2, 0.25) is 0 Å². The van der Waals surface area contributed by atoms with Crippen LogP contribution in [0.5, 0.6) is 0 Å². The molecule has 3 aromatic heterocycles. The molecular formula is C15H13N3O3. The third kappa shape index (κ3) is 1.68. The minimum Gasteiger partial charge on any atom is -0.465 e. The van der Waals surface area contributed by atoms with E-state index in [4.69, 9.17) is 4.74 Å². The number of ketones is 1. The maximum absolute atomic E-state index is 12.5. The van der Waals surface area contributed by atoms with Gasteiger partial charge >= 0.3 is 5.97 Å². The van der Waals surface area contributed by atoms with Gasteiger partial charge in [-0.05, 0) is 31.0 Å². The smallest absolute Gasteiger partial charge is 0.340 e. The molecule has 0 N–H and O–H groups in total. The molecule has 0 aromatic carbocycles.